The molecule has 0 aromatic carbocycles. The van der Waals surface area contributed by atoms with Crippen molar-refractivity contribution >= 4 is 23.9 Å². The van der Waals surface area contributed by atoms with Gasteiger partial charge in [-0.1, -0.05) is 24.3 Å². The topological polar surface area (TPSA) is 118 Å². The molecule has 2 fully saturated rings. The summed E-state index contributed by atoms with van der Waals surface area (Å²) in [6, 6.07) is 0. The average molecular weight is 382 g/mol. The summed E-state index contributed by atoms with van der Waals surface area (Å²) in [4.78, 5) is 47.8. The van der Waals surface area contributed by atoms with E-state index < -0.39 is 70.7 Å². The summed E-state index contributed by atoms with van der Waals surface area (Å²) in [7, 11) is 0. The molecule has 27 heavy (non-hydrogen) atoms. The highest BCUT2D eigenvalue weighted by Crippen LogP contribution is 2.55. The third-order valence-electron chi connectivity index (χ3n) is 6.29. The van der Waals surface area contributed by atoms with Crippen LogP contribution in [0.2, 0.25) is 0 Å². The molecule has 2 saturated carbocycles. The molecule has 0 heterocycles. The lowest BCUT2D eigenvalue weighted by molar-refractivity contribution is -0.176. The van der Waals surface area contributed by atoms with Crippen molar-refractivity contribution in [2.45, 2.75) is 24.2 Å². The third-order valence-corrected chi connectivity index (χ3v) is 6.29. The van der Waals surface area contributed by atoms with Crippen molar-refractivity contribution < 1.29 is 42.9 Å². The number of carbonyl (C=O) groups is 4. The van der Waals surface area contributed by atoms with Gasteiger partial charge in [0.05, 0.1) is 11.8 Å². The Hall–Kier alpha value is -2.58. The van der Waals surface area contributed by atoms with Crippen LogP contribution in [0.15, 0.2) is 24.3 Å². The fraction of sp³-hybridized carbons (Fsp3) is 0.556. The van der Waals surface area contributed by atoms with Crippen molar-refractivity contribution in [3.8, 4) is 0 Å². The second-order valence-corrected chi connectivity index (χ2v) is 7.73. The van der Waals surface area contributed by atoms with E-state index in [0.717, 1.165) is 12.2 Å². The van der Waals surface area contributed by atoms with Crippen LogP contribution in [0.3, 0.4) is 0 Å². The molecule has 4 aliphatic rings. The molecule has 8 atom stereocenters. The van der Waals surface area contributed by atoms with Crippen molar-refractivity contribution in [1.29, 1.82) is 0 Å². The molecule has 2 N–H and O–H groups in total. The molecular weight excluding hydrogens is 366 g/mol. The Balaban J connectivity index is 1.57. The zero-order valence-corrected chi connectivity index (χ0v) is 13.9. The van der Waals surface area contributed by atoms with E-state index >= 15 is 0 Å². The fourth-order valence-electron chi connectivity index (χ4n) is 5.17. The maximum absolute atomic E-state index is 14.9. The van der Waals surface area contributed by atoms with Crippen LogP contribution in [0.5, 0.6) is 0 Å². The van der Waals surface area contributed by atoms with E-state index in [0.29, 0.717) is 0 Å². The normalized spacial score (nSPS) is 46.0. The molecule has 0 spiro atoms. The molecule has 0 saturated heterocycles. The molecule has 7 nitrogen and oxygen atoms in total. The molecular formula is C18H16F2O7. The quantitative estimate of drug-likeness (QED) is 0.427. The Morgan fingerprint density at radius 1 is 0.815 bits per heavy atom. The van der Waals surface area contributed by atoms with Gasteiger partial charge in [-0.25, -0.2) is 8.78 Å². The number of carbonyl (C=O) groups excluding carboxylic acids is 2. The van der Waals surface area contributed by atoms with Crippen LogP contribution in [0, 0.1) is 35.5 Å². The van der Waals surface area contributed by atoms with E-state index in [1.54, 1.807) is 0 Å². The van der Waals surface area contributed by atoms with Crippen LogP contribution >= 0.6 is 0 Å². The first-order chi connectivity index (χ1) is 12.6. The maximum Gasteiger partial charge on any atom is 0.321 e. The Kier molecular flexibility index (Phi) is 3.60. The van der Waals surface area contributed by atoms with Gasteiger partial charge in [0.1, 0.15) is 23.2 Å². The summed E-state index contributed by atoms with van der Waals surface area (Å²) in [5.41, 5.74) is -4.50. The maximum atomic E-state index is 14.9. The number of halogens is 2. The first kappa shape index (κ1) is 17.8. The van der Waals surface area contributed by atoms with Gasteiger partial charge >= 0.3 is 23.9 Å². The summed E-state index contributed by atoms with van der Waals surface area (Å²) in [5, 5.41) is 18.6. The average Bonchev–Trinajstić information content (AvgIpc) is 3.27. The number of fused-ring (bicyclic) bond motifs is 4. The van der Waals surface area contributed by atoms with Gasteiger partial charge in [-0.05, 0) is 24.7 Å². The lowest BCUT2D eigenvalue weighted by Crippen LogP contribution is -2.45. The van der Waals surface area contributed by atoms with Gasteiger partial charge in [-0.3, -0.25) is 19.2 Å². The molecule has 4 aliphatic carbocycles. The molecule has 0 amide bonds. The Morgan fingerprint density at radius 2 is 1.19 bits per heavy atom. The van der Waals surface area contributed by atoms with Crippen molar-refractivity contribution in [3.63, 3.8) is 0 Å². The third kappa shape index (κ3) is 2.36. The van der Waals surface area contributed by atoms with Gasteiger partial charge in [0.2, 0.25) is 0 Å². The number of allylic oxidation sites excluding steroid dienone is 4. The fourth-order valence-corrected chi connectivity index (χ4v) is 5.17. The summed E-state index contributed by atoms with van der Waals surface area (Å²) in [6.45, 7) is 0. The number of esters is 2. The largest absolute Gasteiger partial charge is 0.481 e. The Labute approximate surface area is 151 Å². The standard InChI is InChI=1S/C18H16F2O7/c19-17-3-1-7(5-17)9(13(21)22)11(17)15(25)27-16(26)12-10(14(23)24)8-2-4-18(12,20)6-8/h1-4,7-12H,5-6H2,(H,21,22)(H,23,24). The minimum absolute atomic E-state index is 0.211. The summed E-state index contributed by atoms with van der Waals surface area (Å²) >= 11 is 0. The van der Waals surface area contributed by atoms with E-state index in [9.17, 15) is 38.2 Å². The van der Waals surface area contributed by atoms with Crippen LogP contribution in [-0.2, 0) is 23.9 Å². The molecule has 144 valence electrons. The number of aliphatic carboxylic acids is 2. The first-order valence-corrected chi connectivity index (χ1v) is 8.55. The molecule has 0 radical (unpaired) electrons. The number of ether oxygens (including phenoxy) is 1. The van der Waals surface area contributed by atoms with Gasteiger partial charge in [0.25, 0.3) is 0 Å². The van der Waals surface area contributed by atoms with Gasteiger partial charge in [0, 0.05) is 0 Å². The molecule has 4 bridgehead atoms. The first-order valence-electron chi connectivity index (χ1n) is 8.55. The van der Waals surface area contributed by atoms with E-state index in [-0.39, 0.29) is 12.8 Å². The smallest absolute Gasteiger partial charge is 0.321 e. The molecule has 8 unspecified atom stereocenters. The predicted octanol–water partition coefficient (Wildman–Crippen LogP) is 1.29. The molecule has 0 aromatic heterocycles. The number of carboxylic acid groups (broad SMARTS) is 2. The van der Waals surface area contributed by atoms with Crippen molar-refractivity contribution in [1.82, 2.24) is 0 Å². The van der Waals surface area contributed by atoms with Crippen molar-refractivity contribution in [2.75, 3.05) is 0 Å². The highest BCUT2D eigenvalue weighted by Gasteiger charge is 2.65. The minimum Gasteiger partial charge on any atom is -0.481 e. The monoisotopic (exact) mass is 382 g/mol. The van der Waals surface area contributed by atoms with E-state index in [2.05, 4.69) is 4.74 Å². The molecule has 9 heteroatoms. The lowest BCUT2D eigenvalue weighted by Gasteiger charge is -2.29. The Morgan fingerprint density at radius 3 is 1.52 bits per heavy atom. The minimum atomic E-state index is -2.25. The van der Waals surface area contributed by atoms with E-state index in [4.69, 9.17) is 0 Å². The van der Waals surface area contributed by atoms with E-state index in [1.165, 1.54) is 12.2 Å². The molecule has 0 aliphatic heterocycles. The molecule has 0 aromatic rings. The van der Waals surface area contributed by atoms with Gasteiger partial charge in [0.15, 0.2) is 0 Å². The SMILES string of the molecule is O=C(O)C1C2C=CC(F)(C2)C1C(=O)OC(=O)C1C(C(=O)O)C2C=CC1(F)C2. The summed E-state index contributed by atoms with van der Waals surface area (Å²) < 4.78 is 34.5. The summed E-state index contributed by atoms with van der Waals surface area (Å²) in [5.74, 6) is -13.3. The number of alkyl halides is 2. The zero-order chi connectivity index (χ0) is 19.7. The second kappa shape index (κ2) is 5.46. The van der Waals surface area contributed by atoms with Crippen LogP contribution in [0.4, 0.5) is 8.78 Å². The number of carboxylic acids is 2. The number of hydrogen-bond acceptors (Lipinski definition) is 5. The van der Waals surface area contributed by atoms with Crippen molar-refractivity contribution in [3.05, 3.63) is 24.3 Å². The number of hydrogen-bond donors (Lipinski definition) is 2. The van der Waals surface area contributed by atoms with Crippen LogP contribution in [0.25, 0.3) is 0 Å². The highest BCUT2D eigenvalue weighted by molar-refractivity contribution is 5.95. The van der Waals surface area contributed by atoms with E-state index in [1.807, 2.05) is 0 Å². The summed E-state index contributed by atoms with van der Waals surface area (Å²) in [6.07, 6.45) is 4.51. The van der Waals surface area contributed by atoms with Crippen molar-refractivity contribution in [2.24, 2.45) is 35.5 Å². The zero-order valence-electron chi connectivity index (χ0n) is 13.9. The van der Waals surface area contributed by atoms with Gasteiger partial charge in [-0.15, -0.1) is 0 Å². The lowest BCUT2D eigenvalue weighted by atomic mass is 9.80. The van der Waals surface area contributed by atoms with Gasteiger partial charge in [-0.2, -0.15) is 0 Å². The predicted molar refractivity (Wildman–Crippen MR) is 82.5 cm³/mol. The van der Waals surface area contributed by atoms with Gasteiger partial charge < -0.3 is 14.9 Å². The molecule has 4 rings (SSSR count). The Bertz CT molecular complexity index is 755. The van der Waals surface area contributed by atoms with Crippen LogP contribution < -0.4 is 0 Å². The van der Waals surface area contributed by atoms with Crippen LogP contribution in [-0.4, -0.2) is 45.4 Å². The second-order valence-electron chi connectivity index (χ2n) is 7.73. The number of rotatable bonds is 4. The highest BCUT2D eigenvalue weighted by atomic mass is 19.1. The van der Waals surface area contributed by atoms with Crippen LogP contribution in [0.1, 0.15) is 12.8 Å².